The second kappa shape index (κ2) is 7.20. The molecule has 0 aliphatic heterocycles. The summed E-state index contributed by atoms with van der Waals surface area (Å²) in [7, 11) is -2.44. The van der Waals surface area contributed by atoms with Crippen LogP contribution in [0.5, 0.6) is 5.75 Å². The summed E-state index contributed by atoms with van der Waals surface area (Å²) in [5, 5.41) is 9.29. The molecule has 24 heavy (non-hydrogen) atoms. The number of nitrogens with zero attached hydrogens (tertiary/aromatic N) is 1. The molecule has 2 rings (SSSR count). The maximum atomic E-state index is 12.5. The van der Waals surface area contributed by atoms with Gasteiger partial charge in [0.2, 0.25) is 0 Å². The number of nitrogens with one attached hydrogen (secondary N) is 1. The molecule has 0 radical (unpaired) electrons. The first kappa shape index (κ1) is 17.6. The minimum absolute atomic E-state index is 0.341. The Labute approximate surface area is 142 Å². The van der Waals surface area contributed by atoms with Crippen LogP contribution in [-0.2, 0) is 10.0 Å². The maximum Gasteiger partial charge on any atom is 0.272 e. The van der Waals surface area contributed by atoms with Gasteiger partial charge < -0.3 is 4.74 Å². The fourth-order valence-electron chi connectivity index (χ4n) is 2.10. The number of hydrogen-bond donors (Lipinski definition) is 1. The van der Waals surface area contributed by atoms with E-state index in [1.54, 1.807) is 30.3 Å². The highest BCUT2D eigenvalue weighted by molar-refractivity contribution is 7.96. The number of benzene rings is 2. The molecule has 0 saturated heterocycles. The zero-order chi connectivity index (χ0) is 17.7. The van der Waals surface area contributed by atoms with Crippen LogP contribution >= 0.6 is 0 Å². The van der Waals surface area contributed by atoms with Crippen molar-refractivity contribution in [1.29, 1.82) is 5.26 Å². The molecule has 6 heteroatoms. The van der Waals surface area contributed by atoms with Gasteiger partial charge in [0.05, 0.1) is 7.11 Å². The van der Waals surface area contributed by atoms with Gasteiger partial charge in [-0.3, -0.25) is 4.72 Å². The molecule has 2 aromatic rings. The molecular weight excluding hydrogens is 324 g/mol. The first-order valence-electron chi connectivity index (χ1n) is 7.21. The third kappa shape index (κ3) is 4.15. The fourth-order valence-corrected chi connectivity index (χ4v) is 3.05. The van der Waals surface area contributed by atoms with Gasteiger partial charge in [-0.25, -0.2) is 8.42 Å². The predicted molar refractivity (Wildman–Crippen MR) is 95.0 cm³/mol. The smallest absolute Gasteiger partial charge is 0.272 e. The number of aryl methyl sites for hydroxylation is 2. The summed E-state index contributed by atoms with van der Waals surface area (Å²) in [6, 6.07) is 13.9. The molecule has 1 N–H and O–H groups in total. The number of sulfonamides is 1. The summed E-state index contributed by atoms with van der Waals surface area (Å²) in [5.74, 6) is 0.615. The molecule has 0 atom stereocenters. The Morgan fingerprint density at radius 2 is 1.83 bits per heavy atom. The molecule has 0 heterocycles. The van der Waals surface area contributed by atoms with Gasteiger partial charge >= 0.3 is 0 Å². The third-order valence-electron chi connectivity index (χ3n) is 3.46. The molecule has 2 aromatic carbocycles. The quantitative estimate of drug-likeness (QED) is 0.842. The predicted octanol–water partition coefficient (Wildman–Crippen LogP) is 3.62. The number of methoxy groups -OCH3 is 1. The lowest BCUT2D eigenvalue weighted by Crippen LogP contribution is -2.14. The van der Waals surface area contributed by atoms with Crippen LogP contribution < -0.4 is 9.46 Å². The van der Waals surface area contributed by atoms with Gasteiger partial charge in [-0.1, -0.05) is 23.8 Å². The number of anilines is 1. The van der Waals surface area contributed by atoms with Crippen LogP contribution in [0.15, 0.2) is 47.4 Å². The van der Waals surface area contributed by atoms with Crippen molar-refractivity contribution in [3.8, 4) is 11.8 Å². The standard InChI is InChI=1S/C18H18N2O3S/c1-13-4-5-14(2)15(10-13)11-18(12-19)24(21,22)20-16-6-8-17(23-3)9-7-16/h4-11,20H,1-3H3/b18-11+. The topological polar surface area (TPSA) is 79.2 Å². The lowest BCUT2D eigenvalue weighted by Gasteiger charge is -2.09. The highest BCUT2D eigenvalue weighted by Gasteiger charge is 2.18. The maximum absolute atomic E-state index is 12.5. The zero-order valence-electron chi connectivity index (χ0n) is 13.7. The molecule has 0 aliphatic carbocycles. The van der Waals surface area contributed by atoms with Crippen LogP contribution in [0, 0.1) is 25.2 Å². The monoisotopic (exact) mass is 342 g/mol. The number of rotatable bonds is 5. The van der Waals surface area contributed by atoms with E-state index in [4.69, 9.17) is 4.74 Å². The summed E-state index contributed by atoms with van der Waals surface area (Å²) in [6.45, 7) is 3.77. The molecule has 0 unspecified atom stereocenters. The van der Waals surface area contributed by atoms with Crippen LogP contribution in [0.3, 0.4) is 0 Å². The summed E-state index contributed by atoms with van der Waals surface area (Å²) in [5.41, 5.74) is 2.95. The highest BCUT2D eigenvalue weighted by Crippen LogP contribution is 2.21. The second-order valence-corrected chi connectivity index (χ2v) is 6.97. The normalized spacial score (nSPS) is 11.7. The summed E-state index contributed by atoms with van der Waals surface area (Å²) < 4.78 is 32.3. The Morgan fingerprint density at radius 1 is 1.17 bits per heavy atom. The minimum Gasteiger partial charge on any atom is -0.497 e. The van der Waals surface area contributed by atoms with E-state index in [0.717, 1.165) is 11.1 Å². The summed E-state index contributed by atoms with van der Waals surface area (Å²) in [6.07, 6.45) is 1.38. The molecule has 0 amide bonds. The summed E-state index contributed by atoms with van der Waals surface area (Å²) in [4.78, 5) is -0.341. The molecule has 0 bridgehead atoms. The van der Waals surface area contributed by atoms with Gasteiger partial charge in [-0.15, -0.1) is 0 Å². The molecule has 0 aromatic heterocycles. The van der Waals surface area contributed by atoms with Gasteiger partial charge in [0, 0.05) is 5.69 Å². The number of nitriles is 1. The van der Waals surface area contributed by atoms with Gasteiger partial charge in [0.15, 0.2) is 4.91 Å². The van der Waals surface area contributed by atoms with Crippen molar-refractivity contribution in [3.05, 3.63) is 64.1 Å². The lowest BCUT2D eigenvalue weighted by molar-refractivity contribution is 0.415. The van der Waals surface area contributed by atoms with E-state index >= 15 is 0 Å². The fraction of sp³-hybridized carbons (Fsp3) is 0.167. The van der Waals surface area contributed by atoms with Crippen molar-refractivity contribution in [1.82, 2.24) is 0 Å². The minimum atomic E-state index is -3.96. The largest absolute Gasteiger partial charge is 0.497 e. The van der Waals surface area contributed by atoms with Crippen LogP contribution in [0.25, 0.3) is 6.08 Å². The van der Waals surface area contributed by atoms with Gasteiger partial charge in [0.25, 0.3) is 10.0 Å². The first-order valence-corrected chi connectivity index (χ1v) is 8.70. The van der Waals surface area contributed by atoms with E-state index in [1.807, 2.05) is 32.0 Å². The Hall–Kier alpha value is -2.78. The van der Waals surface area contributed by atoms with Gasteiger partial charge in [0.1, 0.15) is 11.8 Å². The Kier molecular flexibility index (Phi) is 5.27. The van der Waals surface area contributed by atoms with E-state index in [1.165, 1.54) is 13.2 Å². The van der Waals surface area contributed by atoms with Gasteiger partial charge in [-0.2, -0.15) is 5.26 Å². The molecule has 5 nitrogen and oxygen atoms in total. The molecule has 0 spiro atoms. The van der Waals surface area contributed by atoms with Crippen molar-refractivity contribution in [2.45, 2.75) is 13.8 Å². The zero-order valence-corrected chi connectivity index (χ0v) is 14.5. The lowest BCUT2D eigenvalue weighted by atomic mass is 10.1. The van der Waals surface area contributed by atoms with E-state index < -0.39 is 10.0 Å². The van der Waals surface area contributed by atoms with Crippen LogP contribution in [-0.4, -0.2) is 15.5 Å². The van der Waals surface area contributed by atoms with Gasteiger partial charge in [-0.05, 0) is 55.3 Å². The number of allylic oxidation sites excluding steroid dienone is 1. The molecule has 0 saturated carbocycles. The van der Waals surface area contributed by atoms with Crippen molar-refractivity contribution < 1.29 is 13.2 Å². The van der Waals surface area contributed by atoms with Crippen LogP contribution in [0.2, 0.25) is 0 Å². The number of hydrogen-bond acceptors (Lipinski definition) is 4. The third-order valence-corrected chi connectivity index (χ3v) is 4.76. The van der Waals surface area contributed by atoms with Crippen molar-refractivity contribution in [2.75, 3.05) is 11.8 Å². The van der Waals surface area contributed by atoms with E-state index in [9.17, 15) is 13.7 Å². The van der Waals surface area contributed by atoms with Crippen molar-refractivity contribution in [2.24, 2.45) is 0 Å². The molecule has 124 valence electrons. The van der Waals surface area contributed by atoms with Crippen molar-refractivity contribution >= 4 is 21.8 Å². The van der Waals surface area contributed by atoms with E-state index in [0.29, 0.717) is 17.0 Å². The van der Waals surface area contributed by atoms with Crippen molar-refractivity contribution in [3.63, 3.8) is 0 Å². The average molecular weight is 342 g/mol. The molecular formula is C18H18N2O3S. The average Bonchev–Trinajstić information content (AvgIpc) is 2.55. The molecule has 0 fully saturated rings. The Balaban J connectivity index is 2.35. The highest BCUT2D eigenvalue weighted by atomic mass is 32.2. The Morgan fingerprint density at radius 3 is 2.42 bits per heavy atom. The first-order chi connectivity index (χ1) is 11.4. The second-order valence-electron chi connectivity index (χ2n) is 5.31. The van der Waals surface area contributed by atoms with Crippen LogP contribution in [0.1, 0.15) is 16.7 Å². The van der Waals surface area contributed by atoms with Crippen LogP contribution in [0.4, 0.5) is 5.69 Å². The Bertz CT molecular complexity index is 908. The number of ether oxygens (including phenoxy) is 1. The van der Waals surface area contributed by atoms with E-state index in [2.05, 4.69) is 4.72 Å². The SMILES string of the molecule is COc1ccc(NS(=O)(=O)/C(C#N)=C/c2cc(C)ccc2C)cc1. The van der Waals surface area contributed by atoms with E-state index in [-0.39, 0.29) is 4.91 Å². The molecule has 0 aliphatic rings. The summed E-state index contributed by atoms with van der Waals surface area (Å²) >= 11 is 0.